The second-order valence-electron chi connectivity index (χ2n) is 7.57. The average molecular weight is 424 g/mol. The van der Waals surface area contributed by atoms with E-state index in [0.29, 0.717) is 6.54 Å². The highest BCUT2D eigenvalue weighted by atomic mass is 32.1. The normalized spacial score (nSPS) is 16.4. The van der Waals surface area contributed by atoms with Gasteiger partial charge in [0.2, 0.25) is 0 Å². The van der Waals surface area contributed by atoms with Crippen LogP contribution >= 0.6 is 11.3 Å². The fraction of sp³-hybridized carbons (Fsp3) is 0.429. The Morgan fingerprint density at radius 2 is 1.97 bits per heavy atom. The van der Waals surface area contributed by atoms with Crippen LogP contribution in [-0.4, -0.2) is 56.3 Å². The van der Waals surface area contributed by atoms with Crippen molar-refractivity contribution in [3.05, 3.63) is 54.2 Å². The molecule has 8 nitrogen and oxygen atoms in total. The number of rotatable bonds is 7. The zero-order valence-electron chi connectivity index (χ0n) is 17.0. The fourth-order valence-corrected chi connectivity index (χ4v) is 5.10. The molecule has 9 heteroatoms. The van der Waals surface area contributed by atoms with Crippen molar-refractivity contribution < 1.29 is 4.42 Å². The van der Waals surface area contributed by atoms with Gasteiger partial charge in [-0.2, -0.15) is 0 Å². The molecule has 1 aliphatic rings. The molecular formula is C21H25N7OS. The molecule has 0 radical (unpaired) electrons. The van der Waals surface area contributed by atoms with Crippen molar-refractivity contribution in [3.63, 3.8) is 0 Å². The van der Waals surface area contributed by atoms with Crippen LogP contribution in [0.15, 0.2) is 47.1 Å². The number of anilines is 1. The molecule has 3 aromatic heterocycles. The van der Waals surface area contributed by atoms with Gasteiger partial charge in [-0.25, -0.2) is 9.67 Å². The van der Waals surface area contributed by atoms with Crippen LogP contribution in [-0.2, 0) is 6.54 Å². The van der Waals surface area contributed by atoms with Crippen molar-refractivity contribution in [2.45, 2.75) is 32.4 Å². The summed E-state index contributed by atoms with van der Waals surface area (Å²) in [4.78, 5) is 9.74. The third kappa shape index (κ3) is 3.82. The molecule has 0 amide bonds. The summed E-state index contributed by atoms with van der Waals surface area (Å²) in [5, 5.41) is 13.7. The average Bonchev–Trinajstić information content (AvgIpc) is 3.53. The lowest BCUT2D eigenvalue weighted by Gasteiger charge is -2.38. The third-order valence-electron chi connectivity index (χ3n) is 5.61. The highest BCUT2D eigenvalue weighted by Crippen LogP contribution is 2.31. The van der Waals surface area contributed by atoms with Crippen LogP contribution in [0, 0.1) is 0 Å². The monoisotopic (exact) mass is 423 g/mol. The summed E-state index contributed by atoms with van der Waals surface area (Å²) in [6, 6.07) is 12.4. The van der Waals surface area contributed by atoms with Gasteiger partial charge in [0.15, 0.2) is 11.0 Å². The number of aromatic nitrogens is 5. The molecule has 1 atom stereocenters. The topological polar surface area (TPSA) is 76.1 Å². The Bertz CT molecular complexity index is 1050. The minimum absolute atomic E-state index is 0.206. The molecule has 0 saturated carbocycles. The van der Waals surface area contributed by atoms with E-state index in [2.05, 4.69) is 50.4 Å². The first kappa shape index (κ1) is 19.2. The first-order chi connectivity index (χ1) is 14.8. The summed E-state index contributed by atoms with van der Waals surface area (Å²) < 4.78 is 8.61. The lowest BCUT2D eigenvalue weighted by Crippen LogP contribution is -2.48. The Balaban J connectivity index is 1.30. The number of thiazole rings is 1. The van der Waals surface area contributed by atoms with Gasteiger partial charge < -0.3 is 9.32 Å². The molecule has 1 aromatic carbocycles. The summed E-state index contributed by atoms with van der Waals surface area (Å²) in [7, 11) is 0. The second-order valence-corrected chi connectivity index (χ2v) is 8.57. The summed E-state index contributed by atoms with van der Waals surface area (Å²) in [5.41, 5.74) is 1.08. The van der Waals surface area contributed by atoms with Crippen LogP contribution in [0.1, 0.15) is 37.4 Å². The van der Waals surface area contributed by atoms with Gasteiger partial charge in [-0.15, -0.1) is 5.10 Å². The smallest absolute Gasteiger partial charge is 0.186 e. The molecule has 5 rings (SSSR count). The maximum atomic E-state index is 5.49. The Morgan fingerprint density at radius 3 is 2.73 bits per heavy atom. The Hall–Kier alpha value is -2.78. The number of para-hydroxylation sites is 1. The van der Waals surface area contributed by atoms with E-state index in [9.17, 15) is 0 Å². The molecule has 0 bridgehead atoms. The summed E-state index contributed by atoms with van der Waals surface area (Å²) >= 11 is 1.78. The molecule has 1 aliphatic heterocycles. The number of nitrogens with zero attached hydrogens (tertiary/aromatic N) is 7. The third-order valence-corrected chi connectivity index (χ3v) is 6.71. The zero-order valence-corrected chi connectivity index (χ0v) is 17.8. The quantitative estimate of drug-likeness (QED) is 0.450. The molecule has 1 fully saturated rings. The van der Waals surface area contributed by atoms with E-state index in [4.69, 9.17) is 9.40 Å². The summed E-state index contributed by atoms with van der Waals surface area (Å²) in [6.45, 7) is 6.62. The molecule has 1 saturated heterocycles. The predicted molar refractivity (Wildman–Crippen MR) is 117 cm³/mol. The number of tetrazole rings is 1. The van der Waals surface area contributed by atoms with E-state index < -0.39 is 0 Å². The first-order valence-corrected chi connectivity index (χ1v) is 11.3. The van der Waals surface area contributed by atoms with Crippen LogP contribution in [0.5, 0.6) is 0 Å². The molecule has 0 unspecified atom stereocenters. The predicted octanol–water partition coefficient (Wildman–Crippen LogP) is 3.59. The Labute approximate surface area is 179 Å². The van der Waals surface area contributed by atoms with E-state index in [0.717, 1.165) is 61.3 Å². The minimum Gasteiger partial charge on any atom is -0.467 e. The highest BCUT2D eigenvalue weighted by molar-refractivity contribution is 7.22. The number of piperazine rings is 1. The SMILES string of the molecule is CCC[C@H](c1nnnn1Cc1ccco1)N1CCN(c2nc3ccccc3s2)CC1. The van der Waals surface area contributed by atoms with E-state index in [1.54, 1.807) is 17.6 Å². The van der Waals surface area contributed by atoms with Crippen molar-refractivity contribution in [2.75, 3.05) is 31.1 Å². The Morgan fingerprint density at radius 1 is 1.10 bits per heavy atom. The van der Waals surface area contributed by atoms with Gasteiger partial charge >= 0.3 is 0 Å². The molecule has 4 aromatic rings. The first-order valence-electron chi connectivity index (χ1n) is 10.4. The number of furan rings is 1. The standard InChI is InChI=1S/C21H25N7OS/c1-2-6-18(20-23-24-25-28(20)15-16-7-5-14-29-16)26-10-12-27(13-11-26)21-22-17-8-3-4-9-19(17)30-21/h3-5,7-9,14,18H,2,6,10-13,15H2,1H3/t18-/m1/s1. The van der Waals surface area contributed by atoms with E-state index in [1.165, 1.54) is 4.70 Å². The van der Waals surface area contributed by atoms with Gasteiger partial charge in [0.1, 0.15) is 12.3 Å². The van der Waals surface area contributed by atoms with Gasteiger partial charge in [0.05, 0.1) is 22.5 Å². The van der Waals surface area contributed by atoms with Gasteiger partial charge in [0, 0.05) is 26.2 Å². The number of benzene rings is 1. The Kier molecular flexibility index (Phi) is 5.46. The van der Waals surface area contributed by atoms with Gasteiger partial charge in [-0.3, -0.25) is 4.90 Å². The van der Waals surface area contributed by atoms with Crippen LogP contribution < -0.4 is 4.90 Å². The highest BCUT2D eigenvalue weighted by Gasteiger charge is 2.29. The lowest BCUT2D eigenvalue weighted by molar-refractivity contribution is 0.164. The molecule has 156 valence electrons. The molecule has 30 heavy (non-hydrogen) atoms. The maximum absolute atomic E-state index is 5.49. The van der Waals surface area contributed by atoms with Crippen LogP contribution in [0.3, 0.4) is 0 Å². The molecule has 4 heterocycles. The molecule has 0 aliphatic carbocycles. The largest absolute Gasteiger partial charge is 0.467 e. The number of fused-ring (bicyclic) bond motifs is 1. The number of hydrogen-bond donors (Lipinski definition) is 0. The van der Waals surface area contributed by atoms with Gasteiger partial charge in [-0.1, -0.05) is 36.8 Å². The van der Waals surface area contributed by atoms with Crippen molar-refractivity contribution in [1.29, 1.82) is 0 Å². The van der Waals surface area contributed by atoms with Gasteiger partial charge in [0.25, 0.3) is 0 Å². The molecule has 0 spiro atoms. The maximum Gasteiger partial charge on any atom is 0.186 e. The van der Waals surface area contributed by atoms with Crippen molar-refractivity contribution in [1.82, 2.24) is 30.1 Å². The molecular weight excluding hydrogens is 398 g/mol. The van der Waals surface area contributed by atoms with Crippen LogP contribution in [0.2, 0.25) is 0 Å². The second kappa shape index (κ2) is 8.53. The van der Waals surface area contributed by atoms with Crippen molar-refractivity contribution >= 4 is 26.7 Å². The summed E-state index contributed by atoms with van der Waals surface area (Å²) in [6.07, 6.45) is 3.79. The van der Waals surface area contributed by atoms with E-state index in [-0.39, 0.29) is 6.04 Å². The van der Waals surface area contributed by atoms with Crippen molar-refractivity contribution in [3.8, 4) is 0 Å². The molecule has 0 N–H and O–H groups in total. The van der Waals surface area contributed by atoms with Crippen LogP contribution in [0.4, 0.5) is 5.13 Å². The lowest BCUT2D eigenvalue weighted by atomic mass is 10.1. The van der Waals surface area contributed by atoms with Gasteiger partial charge in [-0.05, 0) is 41.1 Å². The fourth-order valence-electron chi connectivity index (χ4n) is 4.08. The number of hydrogen-bond acceptors (Lipinski definition) is 8. The zero-order chi connectivity index (χ0) is 20.3. The van der Waals surface area contributed by atoms with Crippen LogP contribution in [0.25, 0.3) is 10.2 Å². The van der Waals surface area contributed by atoms with E-state index in [1.807, 2.05) is 22.9 Å². The van der Waals surface area contributed by atoms with E-state index >= 15 is 0 Å². The minimum atomic E-state index is 0.206. The summed E-state index contributed by atoms with van der Waals surface area (Å²) in [5.74, 6) is 1.78. The van der Waals surface area contributed by atoms with Crippen molar-refractivity contribution in [2.24, 2.45) is 0 Å².